The third-order valence-corrected chi connectivity index (χ3v) is 4.51. The van der Waals surface area contributed by atoms with Gasteiger partial charge in [0, 0.05) is 6.92 Å². The van der Waals surface area contributed by atoms with Crippen LogP contribution in [0.25, 0.3) is 0 Å². The molecule has 1 rings (SSSR count). The fourth-order valence-electron chi connectivity index (χ4n) is 2.70. The first-order chi connectivity index (χ1) is 13.5. The second-order valence-electron chi connectivity index (χ2n) is 6.31. The molecule has 0 bridgehead atoms. The van der Waals surface area contributed by atoms with Gasteiger partial charge in [-0.1, -0.05) is 42.2 Å². The van der Waals surface area contributed by atoms with Crippen LogP contribution in [0.5, 0.6) is 11.5 Å². The zero-order chi connectivity index (χ0) is 20.8. The second-order valence-corrected chi connectivity index (χ2v) is 7.32. The summed E-state index contributed by atoms with van der Waals surface area (Å²) in [6.45, 7) is 7.44. The lowest BCUT2D eigenvalue weighted by molar-refractivity contribution is 0.245. The molecule has 28 heavy (non-hydrogen) atoms. The van der Waals surface area contributed by atoms with Gasteiger partial charge in [-0.15, -0.1) is 0 Å². The van der Waals surface area contributed by atoms with Crippen LogP contribution in [-0.2, 0) is 17.6 Å². The van der Waals surface area contributed by atoms with Crippen LogP contribution in [0.15, 0.2) is 27.9 Å². The maximum atomic E-state index is 8.51. The quantitative estimate of drug-likeness (QED) is 0.131. The molecule has 0 spiro atoms. The molecule has 0 saturated carbocycles. The molecule has 1 N–H and O–H groups in total. The Morgan fingerprint density at radius 2 is 1.61 bits per heavy atom. The van der Waals surface area contributed by atoms with E-state index in [1.807, 2.05) is 12.1 Å². The smallest absolute Gasteiger partial charge is 0.222 e. The molecular weight excluding hydrogens is 401 g/mol. The van der Waals surface area contributed by atoms with Crippen molar-refractivity contribution in [2.24, 2.45) is 5.16 Å². The van der Waals surface area contributed by atoms with Crippen molar-refractivity contribution in [1.29, 1.82) is 0 Å². The highest BCUT2D eigenvalue weighted by Crippen LogP contribution is 2.31. The van der Waals surface area contributed by atoms with Gasteiger partial charge in [0.2, 0.25) is 5.90 Å². The van der Waals surface area contributed by atoms with E-state index in [1.54, 1.807) is 13.0 Å². The van der Waals surface area contributed by atoms with Crippen molar-refractivity contribution in [2.75, 3.05) is 19.8 Å². The molecule has 0 atom stereocenters. The van der Waals surface area contributed by atoms with E-state index in [0.29, 0.717) is 25.7 Å². The predicted octanol–water partition coefficient (Wildman–Crippen LogP) is 6.27. The molecule has 158 valence electrons. The number of hydrogen-bond acceptors (Lipinski definition) is 5. The maximum Gasteiger partial charge on any atom is 0.222 e. The van der Waals surface area contributed by atoms with E-state index in [-0.39, 0.29) is 4.49 Å². The molecule has 1 aromatic rings. The first-order valence-corrected chi connectivity index (χ1v) is 10.5. The van der Waals surface area contributed by atoms with Gasteiger partial charge in [-0.25, -0.2) is 0 Å². The Labute approximate surface area is 178 Å². The molecule has 1 aromatic carbocycles. The SMILES string of the molecule is CCc1cc(OCC=C(Cl)Cl)cc(CC)c1OCCCCCCOC(C)=NO. The third-order valence-electron chi connectivity index (χ3n) is 4.20. The highest BCUT2D eigenvalue weighted by Gasteiger charge is 2.11. The van der Waals surface area contributed by atoms with Crippen molar-refractivity contribution in [1.82, 2.24) is 0 Å². The Hall–Kier alpha value is -1.59. The number of hydrogen-bond donors (Lipinski definition) is 1. The van der Waals surface area contributed by atoms with Gasteiger partial charge in [0.05, 0.1) is 13.2 Å². The van der Waals surface area contributed by atoms with Crippen molar-refractivity contribution in [3.63, 3.8) is 0 Å². The van der Waals surface area contributed by atoms with Gasteiger partial charge in [-0.3, -0.25) is 0 Å². The number of unbranched alkanes of at least 4 members (excludes halogenated alkanes) is 3. The lowest BCUT2D eigenvalue weighted by Crippen LogP contribution is -2.05. The molecule has 0 saturated heterocycles. The average molecular weight is 432 g/mol. The first kappa shape index (κ1) is 24.4. The molecule has 0 amide bonds. The van der Waals surface area contributed by atoms with Crippen molar-refractivity contribution < 1.29 is 19.4 Å². The largest absolute Gasteiger partial charge is 0.493 e. The molecule has 0 aromatic heterocycles. The van der Waals surface area contributed by atoms with Gasteiger partial charge in [0.25, 0.3) is 0 Å². The number of halogens is 2. The highest BCUT2D eigenvalue weighted by atomic mass is 35.5. The number of nitrogens with zero attached hydrogens (tertiary/aromatic N) is 1. The van der Waals surface area contributed by atoms with Crippen LogP contribution < -0.4 is 9.47 Å². The number of rotatable bonds is 13. The minimum atomic E-state index is 0.203. The molecular formula is C21H31Cl2NO4. The number of aryl methyl sites for hydroxylation is 2. The fraction of sp³-hybridized carbons (Fsp3) is 0.571. The van der Waals surface area contributed by atoms with Crippen LogP contribution in [0.4, 0.5) is 0 Å². The lowest BCUT2D eigenvalue weighted by atomic mass is 10.0. The van der Waals surface area contributed by atoms with Crippen LogP contribution in [-0.4, -0.2) is 30.9 Å². The van der Waals surface area contributed by atoms with Gasteiger partial charge in [-0.2, -0.15) is 0 Å². The van der Waals surface area contributed by atoms with Crippen molar-refractivity contribution in [3.8, 4) is 11.5 Å². The van der Waals surface area contributed by atoms with E-state index in [9.17, 15) is 0 Å². The topological polar surface area (TPSA) is 60.3 Å². The van der Waals surface area contributed by atoms with Gasteiger partial charge >= 0.3 is 0 Å². The second kappa shape index (κ2) is 14.4. The van der Waals surface area contributed by atoms with E-state index >= 15 is 0 Å². The summed E-state index contributed by atoms with van der Waals surface area (Å²) in [4.78, 5) is 0. The Balaban J connectivity index is 2.50. The van der Waals surface area contributed by atoms with Gasteiger partial charge in [0.15, 0.2) is 0 Å². The Morgan fingerprint density at radius 3 is 2.14 bits per heavy atom. The zero-order valence-electron chi connectivity index (χ0n) is 17.0. The first-order valence-electron chi connectivity index (χ1n) is 9.75. The van der Waals surface area contributed by atoms with Gasteiger partial charge in [-0.05, 0) is 67.9 Å². The van der Waals surface area contributed by atoms with Gasteiger partial charge < -0.3 is 19.4 Å². The summed E-state index contributed by atoms with van der Waals surface area (Å²) in [5, 5.41) is 11.5. The minimum Gasteiger partial charge on any atom is -0.493 e. The monoisotopic (exact) mass is 431 g/mol. The van der Waals surface area contributed by atoms with Crippen LogP contribution in [0.2, 0.25) is 0 Å². The molecule has 0 unspecified atom stereocenters. The summed E-state index contributed by atoms with van der Waals surface area (Å²) in [5.74, 6) is 2.08. The van der Waals surface area contributed by atoms with Crippen molar-refractivity contribution in [3.05, 3.63) is 33.8 Å². The summed E-state index contributed by atoms with van der Waals surface area (Å²) >= 11 is 11.2. The molecule has 5 nitrogen and oxygen atoms in total. The fourth-order valence-corrected chi connectivity index (χ4v) is 2.82. The molecule has 7 heteroatoms. The molecule has 0 radical (unpaired) electrons. The lowest BCUT2D eigenvalue weighted by Gasteiger charge is -2.17. The molecule has 0 aliphatic rings. The summed E-state index contributed by atoms with van der Waals surface area (Å²) in [6.07, 6.45) is 7.38. The Kier molecular flexibility index (Phi) is 12.6. The summed E-state index contributed by atoms with van der Waals surface area (Å²) < 4.78 is 17.3. The molecule has 0 fully saturated rings. The average Bonchev–Trinajstić information content (AvgIpc) is 2.69. The molecule has 0 aliphatic carbocycles. The van der Waals surface area contributed by atoms with E-state index < -0.39 is 0 Å². The zero-order valence-corrected chi connectivity index (χ0v) is 18.5. The summed E-state index contributed by atoms with van der Waals surface area (Å²) in [6, 6.07) is 4.04. The molecule has 0 aliphatic heterocycles. The summed E-state index contributed by atoms with van der Waals surface area (Å²) in [5.41, 5.74) is 2.28. The van der Waals surface area contributed by atoms with E-state index in [4.69, 9.17) is 42.6 Å². The standard InChI is InChI=1S/C21H31Cl2NO4/c1-4-17-14-19(27-13-10-20(22)23)15-18(5-2)21(17)28-12-9-7-6-8-11-26-16(3)24-25/h10,14-15,25H,4-9,11-13H2,1-3H3. The van der Waals surface area contributed by atoms with Crippen molar-refractivity contribution in [2.45, 2.75) is 59.3 Å². The van der Waals surface area contributed by atoms with Crippen LogP contribution in [0.1, 0.15) is 57.6 Å². The summed E-state index contributed by atoms with van der Waals surface area (Å²) in [7, 11) is 0. The number of benzene rings is 1. The number of oxime groups is 1. The number of ether oxygens (including phenoxy) is 3. The highest BCUT2D eigenvalue weighted by molar-refractivity contribution is 6.55. The van der Waals surface area contributed by atoms with Crippen molar-refractivity contribution >= 4 is 29.1 Å². The Morgan fingerprint density at radius 1 is 1.00 bits per heavy atom. The van der Waals surface area contributed by atoms with Gasteiger partial charge in [0.1, 0.15) is 22.6 Å². The Bertz CT molecular complexity index is 618. The minimum absolute atomic E-state index is 0.203. The van der Waals surface area contributed by atoms with Crippen LogP contribution in [0, 0.1) is 0 Å². The van der Waals surface area contributed by atoms with E-state index in [1.165, 1.54) is 0 Å². The normalized spacial score (nSPS) is 11.2. The van der Waals surface area contributed by atoms with E-state index in [0.717, 1.165) is 61.2 Å². The maximum absolute atomic E-state index is 8.51. The van der Waals surface area contributed by atoms with Crippen LogP contribution in [0.3, 0.4) is 0 Å². The third kappa shape index (κ3) is 9.56. The van der Waals surface area contributed by atoms with E-state index in [2.05, 4.69) is 19.0 Å². The van der Waals surface area contributed by atoms with Crippen LogP contribution >= 0.6 is 23.2 Å². The predicted molar refractivity (Wildman–Crippen MR) is 115 cm³/mol. The molecule has 0 heterocycles.